The zero-order chi connectivity index (χ0) is 28.2. The number of phosphoric acid groups is 1. The number of para-hydroxylation sites is 2. The van der Waals surface area contributed by atoms with Gasteiger partial charge in [-0.2, -0.15) is 0 Å². The van der Waals surface area contributed by atoms with E-state index in [1.807, 2.05) is 0 Å². The predicted molar refractivity (Wildman–Crippen MR) is 129 cm³/mol. The Hall–Kier alpha value is -2.17. The average Bonchev–Trinajstić information content (AvgIpc) is 2.93. The number of phosphoric ester groups is 1. The van der Waals surface area contributed by atoms with Gasteiger partial charge >= 0.3 is 7.82 Å². The van der Waals surface area contributed by atoms with E-state index in [0.29, 0.717) is 0 Å². The summed E-state index contributed by atoms with van der Waals surface area (Å²) < 4.78 is 46.1. The minimum absolute atomic E-state index is 0.154. The van der Waals surface area contributed by atoms with Crippen molar-refractivity contribution >= 4 is 7.82 Å². The molecule has 2 saturated heterocycles. The first-order valence-electron chi connectivity index (χ1n) is 12.0. The van der Waals surface area contributed by atoms with Crippen LogP contribution in [0.1, 0.15) is 0 Å². The van der Waals surface area contributed by atoms with Gasteiger partial charge < -0.3 is 59.0 Å². The van der Waals surface area contributed by atoms with E-state index in [-0.39, 0.29) is 11.5 Å². The van der Waals surface area contributed by atoms with Crippen LogP contribution in [0.4, 0.5) is 0 Å². The highest BCUT2D eigenvalue weighted by molar-refractivity contribution is 7.49. The average molecular weight is 574 g/mol. The molecule has 15 heteroatoms. The molecule has 14 nitrogen and oxygen atoms in total. The first-order valence-corrected chi connectivity index (χ1v) is 13.5. The molecule has 39 heavy (non-hydrogen) atoms. The normalized spacial score (nSPS) is 35.4. The van der Waals surface area contributed by atoms with Gasteiger partial charge in [0.15, 0.2) is 12.6 Å². The quantitative estimate of drug-likeness (QED) is 0.168. The molecule has 10 atom stereocenters. The first-order chi connectivity index (χ1) is 18.6. The minimum atomic E-state index is -4.41. The van der Waals surface area contributed by atoms with Gasteiger partial charge in [-0.15, -0.1) is 0 Å². The van der Waals surface area contributed by atoms with E-state index < -0.39 is 82.4 Å². The number of hydrogen-bond donors (Lipinski definition) is 7. The van der Waals surface area contributed by atoms with Gasteiger partial charge in [-0.05, 0) is 24.3 Å². The number of hydrogen-bond acceptors (Lipinski definition) is 14. The molecule has 0 aliphatic carbocycles. The van der Waals surface area contributed by atoms with Crippen LogP contribution in [0, 0.1) is 0 Å². The molecule has 0 saturated carbocycles. The van der Waals surface area contributed by atoms with Gasteiger partial charge in [0.1, 0.15) is 60.3 Å². The van der Waals surface area contributed by atoms with Crippen LogP contribution in [-0.2, 0) is 23.3 Å². The maximum Gasteiger partial charge on any atom is 0.587 e. The van der Waals surface area contributed by atoms with E-state index >= 15 is 0 Å². The summed E-state index contributed by atoms with van der Waals surface area (Å²) in [6, 6.07) is 16.0. The van der Waals surface area contributed by atoms with Crippen LogP contribution in [0.5, 0.6) is 11.5 Å². The molecule has 2 aromatic carbocycles. The Morgan fingerprint density at radius 3 is 1.54 bits per heavy atom. The van der Waals surface area contributed by atoms with Crippen LogP contribution in [-0.4, -0.2) is 110 Å². The number of ether oxygens (including phenoxy) is 3. The zero-order valence-corrected chi connectivity index (χ0v) is 21.3. The molecule has 2 fully saturated rings. The summed E-state index contributed by atoms with van der Waals surface area (Å²) in [4.78, 5) is 0. The van der Waals surface area contributed by atoms with Crippen LogP contribution in [0.15, 0.2) is 60.7 Å². The minimum Gasteiger partial charge on any atom is -0.395 e. The van der Waals surface area contributed by atoms with Crippen molar-refractivity contribution in [3.05, 3.63) is 60.7 Å². The van der Waals surface area contributed by atoms with Gasteiger partial charge in [0.05, 0.1) is 13.2 Å². The monoisotopic (exact) mass is 574 g/mol. The van der Waals surface area contributed by atoms with E-state index in [2.05, 4.69) is 0 Å². The lowest BCUT2D eigenvalue weighted by molar-refractivity contribution is -0.376. The fourth-order valence-corrected chi connectivity index (χ4v) is 5.17. The van der Waals surface area contributed by atoms with Crippen molar-refractivity contribution in [1.29, 1.82) is 0 Å². The molecule has 2 heterocycles. The molecular formula is C24H31O14P. The number of aliphatic hydroxyl groups excluding tert-OH is 7. The number of aliphatic hydroxyl groups is 7. The standard InChI is InChI=1S/C24H31O14P/c25-11-15-17(26)19(28)21(30)23(34-15)36-24-22(31)20(29)18(27)16(35-24)12-33-39(32,37-13-7-3-1-4-8-13)38-14-9-5-2-6-10-14/h1-10,15-31H,11-12H2/t15-,16-,17-,18-,19+,20+,21-,22-,23-,24-/m1/s1. The third kappa shape index (κ3) is 7.13. The second-order valence-corrected chi connectivity index (χ2v) is 10.4. The van der Waals surface area contributed by atoms with E-state index in [1.54, 1.807) is 36.4 Å². The highest BCUT2D eigenvalue weighted by Gasteiger charge is 2.50. The Morgan fingerprint density at radius 1 is 0.641 bits per heavy atom. The number of benzene rings is 2. The smallest absolute Gasteiger partial charge is 0.395 e. The molecule has 4 rings (SSSR count). The molecule has 0 radical (unpaired) electrons. The van der Waals surface area contributed by atoms with Gasteiger partial charge in [-0.3, -0.25) is 4.52 Å². The molecule has 7 N–H and O–H groups in total. The summed E-state index contributed by atoms with van der Waals surface area (Å²) in [6.45, 7) is -1.41. The van der Waals surface area contributed by atoms with Crippen LogP contribution in [0.3, 0.4) is 0 Å². The Bertz CT molecular complexity index is 1030. The maximum atomic E-state index is 13.5. The molecule has 2 aliphatic heterocycles. The largest absolute Gasteiger partial charge is 0.587 e. The van der Waals surface area contributed by atoms with E-state index in [9.17, 15) is 40.3 Å². The number of rotatable bonds is 10. The molecule has 0 amide bonds. The Kier molecular flexibility index (Phi) is 9.93. The molecule has 2 aromatic rings. The molecule has 2 aliphatic rings. The Balaban J connectivity index is 1.47. The van der Waals surface area contributed by atoms with Crippen LogP contribution in [0.25, 0.3) is 0 Å². The third-order valence-electron chi connectivity index (χ3n) is 6.10. The summed E-state index contributed by atoms with van der Waals surface area (Å²) in [7, 11) is -4.41. The topological polar surface area (TPSA) is 214 Å². The van der Waals surface area contributed by atoms with Crippen LogP contribution in [0.2, 0.25) is 0 Å². The summed E-state index contributed by atoms with van der Waals surface area (Å²) >= 11 is 0. The van der Waals surface area contributed by atoms with Crippen molar-refractivity contribution < 1.29 is 68.1 Å². The van der Waals surface area contributed by atoms with E-state index in [0.717, 1.165) is 0 Å². The fraction of sp³-hybridized carbons (Fsp3) is 0.500. The van der Waals surface area contributed by atoms with Crippen molar-refractivity contribution in [2.45, 2.75) is 61.4 Å². The second-order valence-electron chi connectivity index (χ2n) is 8.90. The summed E-state index contributed by atoms with van der Waals surface area (Å²) in [5, 5.41) is 70.8. The van der Waals surface area contributed by atoms with Gasteiger partial charge in [-0.1, -0.05) is 36.4 Å². The lowest BCUT2D eigenvalue weighted by Crippen LogP contribution is -2.63. The molecule has 0 aromatic heterocycles. The molecular weight excluding hydrogens is 543 g/mol. The van der Waals surface area contributed by atoms with Crippen molar-refractivity contribution in [2.24, 2.45) is 0 Å². The Labute approximate surface area is 223 Å². The van der Waals surface area contributed by atoms with Crippen LogP contribution < -0.4 is 9.05 Å². The zero-order valence-electron chi connectivity index (χ0n) is 20.4. The highest BCUT2D eigenvalue weighted by atomic mass is 31.2. The molecule has 0 spiro atoms. The van der Waals surface area contributed by atoms with E-state index in [1.165, 1.54) is 24.3 Å². The molecule has 216 valence electrons. The van der Waals surface area contributed by atoms with Crippen LogP contribution >= 0.6 is 7.82 Å². The molecule has 0 unspecified atom stereocenters. The highest BCUT2D eigenvalue weighted by Crippen LogP contribution is 2.50. The van der Waals surface area contributed by atoms with Gasteiger partial charge in [-0.25, -0.2) is 4.57 Å². The maximum absolute atomic E-state index is 13.5. The lowest BCUT2D eigenvalue weighted by atomic mass is 9.98. The Morgan fingerprint density at radius 2 is 1.08 bits per heavy atom. The van der Waals surface area contributed by atoms with Crippen molar-refractivity contribution in [3.63, 3.8) is 0 Å². The lowest BCUT2D eigenvalue weighted by Gasteiger charge is -2.44. The van der Waals surface area contributed by atoms with Gasteiger partial charge in [0.25, 0.3) is 0 Å². The summed E-state index contributed by atoms with van der Waals surface area (Å²) in [6.07, 6.45) is -17.0. The second kappa shape index (κ2) is 13.0. The summed E-state index contributed by atoms with van der Waals surface area (Å²) in [5.74, 6) is 0.308. The predicted octanol–water partition coefficient (Wildman–Crippen LogP) is -1.11. The first kappa shape index (κ1) is 29.8. The van der Waals surface area contributed by atoms with Gasteiger partial charge in [0.2, 0.25) is 0 Å². The third-order valence-corrected chi connectivity index (χ3v) is 7.44. The van der Waals surface area contributed by atoms with Crippen molar-refractivity contribution in [3.8, 4) is 11.5 Å². The van der Waals surface area contributed by atoms with Gasteiger partial charge in [0, 0.05) is 0 Å². The SMILES string of the molecule is O=P(OC[C@H]1O[C@H](O[C@H]2O[C@H](CO)[C@@H](O)[C@H](O)[C@H]2O)[C@H](O)[C@@H](O)[C@@H]1O)(Oc1ccccc1)Oc1ccccc1. The molecule has 0 bridgehead atoms. The fourth-order valence-electron chi connectivity index (χ4n) is 3.94. The summed E-state index contributed by atoms with van der Waals surface area (Å²) in [5.41, 5.74) is 0. The van der Waals surface area contributed by atoms with E-state index in [4.69, 9.17) is 27.8 Å². The van der Waals surface area contributed by atoms with Crippen molar-refractivity contribution in [2.75, 3.05) is 13.2 Å². The van der Waals surface area contributed by atoms with Crippen molar-refractivity contribution in [1.82, 2.24) is 0 Å².